The molecule has 1 heterocycles. The summed E-state index contributed by atoms with van der Waals surface area (Å²) in [5.41, 5.74) is -0.582. The van der Waals surface area contributed by atoms with Gasteiger partial charge in [-0.1, -0.05) is 13.8 Å². The van der Waals surface area contributed by atoms with Crippen molar-refractivity contribution in [2.45, 2.75) is 58.0 Å². The van der Waals surface area contributed by atoms with Gasteiger partial charge >= 0.3 is 12.1 Å². The van der Waals surface area contributed by atoms with Gasteiger partial charge in [0.2, 0.25) is 0 Å². The molecule has 6 atom stereocenters. The van der Waals surface area contributed by atoms with Gasteiger partial charge < -0.3 is 14.2 Å². The van der Waals surface area contributed by atoms with Crippen LogP contribution in [0.25, 0.3) is 0 Å². The largest absolute Gasteiger partial charge is 0.508 e. The predicted octanol–water partition coefficient (Wildman–Crippen LogP) is 1.87. The number of esters is 1. The molecule has 3 fully saturated rings. The molecule has 3 aliphatic rings. The molecule has 0 N–H and O–H groups in total. The number of hydrogen-bond donors (Lipinski definition) is 0. The summed E-state index contributed by atoms with van der Waals surface area (Å²) in [5.74, 6) is -0.619. The van der Waals surface area contributed by atoms with Crippen LogP contribution in [0, 0.1) is 23.2 Å². The van der Waals surface area contributed by atoms with E-state index >= 15 is 0 Å². The first-order valence-corrected chi connectivity index (χ1v) is 10.5. The van der Waals surface area contributed by atoms with Crippen molar-refractivity contribution in [2.75, 3.05) is 13.2 Å². The smallest absolute Gasteiger partial charge is 0.462 e. The summed E-state index contributed by atoms with van der Waals surface area (Å²) in [6.45, 7) is 7.14. The third-order valence-electron chi connectivity index (χ3n) is 6.11. The van der Waals surface area contributed by atoms with Gasteiger partial charge in [0.15, 0.2) is 0 Å². The maximum absolute atomic E-state index is 12.1. The quantitative estimate of drug-likeness (QED) is 0.384. The van der Waals surface area contributed by atoms with Crippen LogP contribution in [0.2, 0.25) is 0 Å². The van der Waals surface area contributed by atoms with Crippen molar-refractivity contribution in [3.05, 3.63) is 0 Å². The van der Waals surface area contributed by atoms with E-state index in [0.29, 0.717) is 12.8 Å². The average Bonchev–Trinajstić information content (AvgIpc) is 3.14. The summed E-state index contributed by atoms with van der Waals surface area (Å²) < 4.78 is 44.7. The molecule has 0 amide bonds. The van der Waals surface area contributed by atoms with Gasteiger partial charge in [-0.05, 0) is 32.6 Å². The van der Waals surface area contributed by atoms with Crippen LogP contribution < -0.4 is 0 Å². The number of fused-ring (bicyclic) bond motifs is 1. The van der Waals surface area contributed by atoms with Crippen molar-refractivity contribution >= 4 is 22.2 Å². The van der Waals surface area contributed by atoms with Gasteiger partial charge in [-0.25, -0.2) is 4.79 Å². The van der Waals surface area contributed by atoms with E-state index in [1.165, 1.54) is 0 Å². The van der Waals surface area contributed by atoms with Crippen LogP contribution in [-0.2, 0) is 33.3 Å². The first-order chi connectivity index (χ1) is 12.1. The van der Waals surface area contributed by atoms with Crippen molar-refractivity contribution < 1.29 is 36.4 Å². The number of hydrogen-bond acceptors (Lipinski definition) is 8. The Balaban J connectivity index is 1.46. The second-order valence-corrected chi connectivity index (χ2v) is 9.72. The number of carbonyl (C=O) groups excluding carboxylic acids is 2. The van der Waals surface area contributed by atoms with E-state index in [-0.39, 0.29) is 36.9 Å². The normalized spacial score (nSPS) is 36.8. The zero-order valence-electron chi connectivity index (χ0n) is 15.5. The molecule has 8 nitrogen and oxygen atoms in total. The van der Waals surface area contributed by atoms with Crippen molar-refractivity contribution in [3.63, 3.8) is 0 Å². The molecule has 0 radical (unpaired) electrons. The Hall–Kier alpha value is -1.35. The molecule has 1 saturated heterocycles. The molecule has 2 bridgehead atoms. The lowest BCUT2D eigenvalue weighted by Crippen LogP contribution is -2.41. The van der Waals surface area contributed by atoms with Crippen molar-refractivity contribution in [1.82, 2.24) is 0 Å². The Kier molecular flexibility index (Phi) is 4.98. The van der Waals surface area contributed by atoms with E-state index in [1.54, 1.807) is 13.8 Å². The summed E-state index contributed by atoms with van der Waals surface area (Å²) in [4.78, 5) is 23.7. The zero-order chi connectivity index (χ0) is 19.3. The van der Waals surface area contributed by atoms with Gasteiger partial charge in [0.05, 0.1) is 10.7 Å². The fourth-order valence-electron chi connectivity index (χ4n) is 4.26. The van der Waals surface area contributed by atoms with Crippen LogP contribution in [0.5, 0.6) is 0 Å². The minimum Gasteiger partial charge on any atom is -0.462 e. The molecular weight excluding hydrogens is 364 g/mol. The minimum absolute atomic E-state index is 0.0389. The summed E-state index contributed by atoms with van der Waals surface area (Å²) in [6, 6.07) is 0. The molecule has 2 aliphatic carbocycles. The van der Waals surface area contributed by atoms with Crippen molar-refractivity contribution in [3.8, 4) is 0 Å². The Morgan fingerprint density at radius 2 is 1.81 bits per heavy atom. The second kappa shape index (κ2) is 6.67. The van der Waals surface area contributed by atoms with Crippen LogP contribution >= 0.6 is 0 Å². The molecule has 148 valence electrons. The molecule has 0 spiro atoms. The van der Waals surface area contributed by atoms with Crippen LogP contribution in [-0.4, -0.2) is 51.2 Å². The highest BCUT2D eigenvalue weighted by Gasteiger charge is 2.68. The highest BCUT2D eigenvalue weighted by atomic mass is 32.2. The second-order valence-electron chi connectivity index (χ2n) is 8.00. The van der Waals surface area contributed by atoms with E-state index in [1.807, 2.05) is 13.8 Å². The van der Waals surface area contributed by atoms with Crippen molar-refractivity contribution in [2.24, 2.45) is 23.2 Å². The van der Waals surface area contributed by atoms with Crippen LogP contribution in [0.3, 0.4) is 0 Å². The maximum Gasteiger partial charge on any atom is 0.508 e. The third-order valence-corrected chi connectivity index (χ3v) is 8.05. The van der Waals surface area contributed by atoms with E-state index in [9.17, 15) is 18.0 Å². The van der Waals surface area contributed by atoms with E-state index in [0.717, 1.165) is 0 Å². The SMILES string of the molecule is CCC(C)(C)C(=O)OCCOC(=O)OC1C2CC3C1OS(=O)(=O)C3C2C. The maximum atomic E-state index is 12.1. The molecule has 9 heteroatoms. The molecule has 0 aromatic carbocycles. The molecule has 2 saturated carbocycles. The number of carbonyl (C=O) groups is 2. The van der Waals surface area contributed by atoms with Gasteiger partial charge in [0.1, 0.15) is 25.4 Å². The van der Waals surface area contributed by atoms with E-state index in [4.69, 9.17) is 18.4 Å². The molecule has 1 aliphatic heterocycles. The standard InChI is InChI=1S/C17H26O8S/c1-5-17(3,4)15(18)22-6-7-23-16(19)24-12-10-8-11-13(12)25-26(20,21)14(11)9(10)2/h9-14H,5-8H2,1-4H3. The Morgan fingerprint density at radius 1 is 1.15 bits per heavy atom. The summed E-state index contributed by atoms with van der Waals surface area (Å²) >= 11 is 0. The van der Waals surface area contributed by atoms with E-state index < -0.39 is 39.1 Å². The topological polar surface area (TPSA) is 105 Å². The van der Waals surface area contributed by atoms with Gasteiger partial charge in [-0.3, -0.25) is 8.98 Å². The Labute approximate surface area is 153 Å². The highest BCUT2D eigenvalue weighted by molar-refractivity contribution is 7.87. The van der Waals surface area contributed by atoms with Crippen LogP contribution in [0.1, 0.15) is 40.5 Å². The average molecular weight is 390 g/mol. The molecule has 3 rings (SSSR count). The van der Waals surface area contributed by atoms with Gasteiger partial charge in [-0.15, -0.1) is 0 Å². The third kappa shape index (κ3) is 3.19. The molecule has 6 unspecified atom stereocenters. The van der Waals surface area contributed by atoms with Crippen LogP contribution in [0.15, 0.2) is 0 Å². The molecule has 0 aromatic heterocycles. The predicted molar refractivity (Wildman–Crippen MR) is 89.6 cm³/mol. The van der Waals surface area contributed by atoms with Gasteiger partial charge in [0, 0.05) is 11.8 Å². The Bertz CT molecular complexity index is 685. The fraction of sp³-hybridized carbons (Fsp3) is 0.882. The fourth-order valence-corrected chi connectivity index (χ4v) is 6.37. The first kappa shape index (κ1) is 19.4. The lowest BCUT2D eigenvalue weighted by atomic mass is 9.86. The number of ether oxygens (including phenoxy) is 3. The first-order valence-electron chi connectivity index (χ1n) is 9.01. The molecule has 0 aromatic rings. The zero-order valence-corrected chi connectivity index (χ0v) is 16.3. The summed E-state index contributed by atoms with van der Waals surface area (Å²) in [7, 11) is -3.59. The summed E-state index contributed by atoms with van der Waals surface area (Å²) in [5, 5.41) is -0.491. The van der Waals surface area contributed by atoms with Crippen LogP contribution in [0.4, 0.5) is 4.79 Å². The lowest BCUT2D eigenvalue weighted by molar-refractivity contribution is -0.155. The lowest BCUT2D eigenvalue weighted by Gasteiger charge is -2.28. The van der Waals surface area contributed by atoms with Gasteiger partial charge in [-0.2, -0.15) is 8.42 Å². The highest BCUT2D eigenvalue weighted by Crippen LogP contribution is 2.58. The minimum atomic E-state index is -3.59. The monoisotopic (exact) mass is 390 g/mol. The van der Waals surface area contributed by atoms with E-state index in [2.05, 4.69) is 0 Å². The number of rotatable bonds is 6. The summed E-state index contributed by atoms with van der Waals surface area (Å²) in [6.07, 6.45) is -0.802. The molecular formula is C17H26O8S. The van der Waals surface area contributed by atoms with Gasteiger partial charge in [0.25, 0.3) is 10.1 Å². The Morgan fingerprint density at radius 3 is 2.46 bits per heavy atom. The van der Waals surface area contributed by atoms with Crippen molar-refractivity contribution in [1.29, 1.82) is 0 Å². The molecule has 26 heavy (non-hydrogen) atoms.